The summed E-state index contributed by atoms with van der Waals surface area (Å²) in [6.45, 7) is 0. The van der Waals surface area contributed by atoms with Crippen molar-refractivity contribution in [2.45, 2.75) is 31.7 Å². The molecule has 0 radical (unpaired) electrons. The molecule has 1 aliphatic carbocycles. The first kappa shape index (κ1) is 21.1. The van der Waals surface area contributed by atoms with Crippen LogP contribution in [-0.4, -0.2) is 29.1 Å². The van der Waals surface area contributed by atoms with Gasteiger partial charge in [-0.2, -0.15) is 4.98 Å². The van der Waals surface area contributed by atoms with Gasteiger partial charge in [-0.3, -0.25) is 0 Å². The van der Waals surface area contributed by atoms with Crippen LogP contribution in [0, 0.1) is 5.92 Å². The summed E-state index contributed by atoms with van der Waals surface area (Å²) in [4.78, 5) is 6.84. The van der Waals surface area contributed by atoms with E-state index in [1.165, 1.54) is 11.1 Å². The molecule has 3 aromatic rings. The third-order valence-corrected chi connectivity index (χ3v) is 6.60. The average Bonchev–Trinajstić information content (AvgIpc) is 3.20. The van der Waals surface area contributed by atoms with Crippen LogP contribution in [0.2, 0.25) is 10.0 Å². The Bertz CT molecular complexity index is 1020. The second kappa shape index (κ2) is 9.34. The van der Waals surface area contributed by atoms with Crippen molar-refractivity contribution >= 4 is 29.3 Å². The maximum Gasteiger partial charge on any atom is 0.250 e. The smallest absolute Gasteiger partial charge is 0.250 e. The van der Waals surface area contributed by atoms with Gasteiger partial charge in [0.15, 0.2) is 0 Å². The zero-order valence-corrected chi connectivity index (χ0v) is 18.7. The zero-order chi connectivity index (χ0) is 21.1. The zero-order valence-electron chi connectivity index (χ0n) is 17.2. The summed E-state index contributed by atoms with van der Waals surface area (Å²) in [5.41, 5.74) is 3.42. The molecule has 0 amide bonds. The Hall–Kier alpha value is -2.14. The minimum atomic E-state index is 0.438. The van der Waals surface area contributed by atoms with Crippen LogP contribution in [0.3, 0.4) is 0 Å². The maximum absolute atomic E-state index is 6.28. The largest absolute Gasteiger partial charge is 0.334 e. The lowest BCUT2D eigenvalue weighted by atomic mass is 9.78. The van der Waals surface area contributed by atoms with Crippen molar-refractivity contribution in [2.24, 2.45) is 5.92 Å². The van der Waals surface area contributed by atoms with E-state index >= 15 is 0 Å². The van der Waals surface area contributed by atoms with Gasteiger partial charge in [-0.05, 0) is 63.4 Å². The fraction of sp³-hybridized carbons (Fsp3) is 0.333. The molecule has 2 aromatic carbocycles. The first-order valence-corrected chi connectivity index (χ1v) is 11.0. The number of nitrogens with zero attached hydrogens (tertiary/aromatic N) is 3. The normalized spacial score (nSPS) is 17.9. The van der Waals surface area contributed by atoms with Crippen molar-refractivity contribution in [1.82, 2.24) is 15.0 Å². The van der Waals surface area contributed by atoms with Gasteiger partial charge in [0.2, 0.25) is 5.82 Å². The maximum atomic E-state index is 6.28. The van der Waals surface area contributed by atoms with Crippen LogP contribution in [0.4, 0.5) is 0 Å². The summed E-state index contributed by atoms with van der Waals surface area (Å²) < 4.78 is 5.45. The number of aromatic nitrogens is 2. The molecule has 6 heteroatoms. The van der Waals surface area contributed by atoms with Gasteiger partial charge >= 0.3 is 0 Å². The fourth-order valence-electron chi connectivity index (χ4n) is 4.37. The highest BCUT2D eigenvalue weighted by Crippen LogP contribution is 2.39. The molecule has 0 aliphatic heterocycles. The van der Waals surface area contributed by atoms with Crippen molar-refractivity contribution in [3.05, 3.63) is 75.6 Å². The van der Waals surface area contributed by atoms with E-state index in [0.29, 0.717) is 39.3 Å². The Labute approximate surface area is 187 Å². The van der Waals surface area contributed by atoms with Gasteiger partial charge in [0.25, 0.3) is 5.89 Å². The second-order valence-corrected chi connectivity index (χ2v) is 8.80. The van der Waals surface area contributed by atoms with Crippen LogP contribution < -0.4 is 0 Å². The predicted molar refractivity (Wildman–Crippen MR) is 123 cm³/mol. The number of halogens is 2. The molecule has 156 valence electrons. The van der Waals surface area contributed by atoms with E-state index in [-0.39, 0.29) is 0 Å². The van der Waals surface area contributed by atoms with Crippen LogP contribution in [0.15, 0.2) is 58.6 Å². The van der Waals surface area contributed by atoms with Crippen LogP contribution in [0.5, 0.6) is 0 Å². The lowest BCUT2D eigenvalue weighted by molar-refractivity contribution is 0.184. The van der Waals surface area contributed by atoms with Gasteiger partial charge in [0.05, 0.1) is 10.0 Å². The van der Waals surface area contributed by atoms with Crippen molar-refractivity contribution in [2.75, 3.05) is 14.1 Å². The van der Waals surface area contributed by atoms with Crippen LogP contribution in [-0.2, 0) is 0 Å². The van der Waals surface area contributed by atoms with Gasteiger partial charge in [-0.1, -0.05) is 70.3 Å². The third-order valence-electron chi connectivity index (χ3n) is 5.78. The lowest BCUT2D eigenvalue weighted by Gasteiger charge is -2.36. The summed E-state index contributed by atoms with van der Waals surface area (Å²) in [6, 6.07) is 16.6. The van der Waals surface area contributed by atoms with E-state index in [9.17, 15) is 0 Å². The highest BCUT2D eigenvalue weighted by atomic mass is 35.5. The van der Waals surface area contributed by atoms with Crippen molar-refractivity contribution in [1.29, 1.82) is 0 Å². The summed E-state index contributed by atoms with van der Waals surface area (Å²) in [7, 11) is 4.34. The number of benzene rings is 2. The van der Waals surface area contributed by atoms with E-state index in [1.54, 1.807) is 6.07 Å². The Morgan fingerprint density at radius 3 is 2.47 bits per heavy atom. The Morgan fingerprint density at radius 2 is 1.77 bits per heavy atom. The van der Waals surface area contributed by atoms with Crippen molar-refractivity contribution in [3.8, 4) is 11.4 Å². The summed E-state index contributed by atoms with van der Waals surface area (Å²) in [6.07, 6.45) is 6.39. The molecule has 1 saturated carbocycles. The molecule has 1 atom stereocenters. The monoisotopic (exact) mass is 441 g/mol. The molecule has 1 aliphatic rings. The molecule has 1 heterocycles. The SMILES string of the molecule is CN(C)C(c1ccccc1)C1CCC(=Cc2nc(-c3cccc(Cl)c3Cl)no2)CC1. The van der Waals surface area contributed by atoms with Gasteiger partial charge < -0.3 is 9.42 Å². The quantitative estimate of drug-likeness (QED) is 0.430. The molecule has 4 nitrogen and oxygen atoms in total. The van der Waals surface area contributed by atoms with E-state index in [1.807, 2.05) is 18.2 Å². The van der Waals surface area contributed by atoms with Gasteiger partial charge in [-0.15, -0.1) is 0 Å². The summed E-state index contributed by atoms with van der Waals surface area (Å²) in [5, 5.41) is 5.00. The van der Waals surface area contributed by atoms with Crippen LogP contribution >= 0.6 is 23.2 Å². The first-order chi connectivity index (χ1) is 14.5. The molecule has 1 unspecified atom stereocenters. The van der Waals surface area contributed by atoms with Crippen LogP contribution in [0.1, 0.15) is 43.2 Å². The fourth-order valence-corrected chi connectivity index (χ4v) is 4.75. The highest BCUT2D eigenvalue weighted by molar-refractivity contribution is 6.43. The third kappa shape index (κ3) is 4.61. The number of hydrogen-bond acceptors (Lipinski definition) is 4. The molecule has 30 heavy (non-hydrogen) atoms. The molecule has 0 saturated heterocycles. The van der Waals surface area contributed by atoms with Gasteiger partial charge in [-0.25, -0.2) is 0 Å². The average molecular weight is 442 g/mol. The molecule has 1 aromatic heterocycles. The molecule has 1 fully saturated rings. The van der Waals surface area contributed by atoms with Gasteiger partial charge in [0, 0.05) is 17.7 Å². The number of rotatable bonds is 5. The summed E-state index contributed by atoms with van der Waals surface area (Å²) >= 11 is 12.4. The van der Waals surface area contributed by atoms with Crippen LogP contribution in [0.25, 0.3) is 17.5 Å². The first-order valence-electron chi connectivity index (χ1n) is 10.2. The molecule has 0 bridgehead atoms. The van der Waals surface area contributed by atoms with Gasteiger partial charge in [0.1, 0.15) is 0 Å². The van der Waals surface area contributed by atoms with E-state index in [2.05, 4.69) is 59.5 Å². The number of hydrogen-bond donors (Lipinski definition) is 0. The minimum Gasteiger partial charge on any atom is -0.334 e. The lowest BCUT2D eigenvalue weighted by Crippen LogP contribution is -2.29. The second-order valence-electron chi connectivity index (χ2n) is 8.02. The molecule has 0 N–H and O–H groups in total. The molecule has 0 spiro atoms. The predicted octanol–water partition coefficient (Wildman–Crippen LogP) is 6.92. The molecule has 4 rings (SSSR count). The van der Waals surface area contributed by atoms with E-state index < -0.39 is 0 Å². The minimum absolute atomic E-state index is 0.438. The molecular formula is C24H25Cl2N3O. The topological polar surface area (TPSA) is 42.2 Å². The Kier molecular flexibility index (Phi) is 6.57. The standard InChI is InChI=1S/C24H25Cl2N3O/c1-29(2)23(17-7-4-3-5-8-17)18-13-11-16(12-14-18)15-21-27-24(28-30-21)19-9-6-10-20(25)22(19)26/h3-10,15,18,23H,11-14H2,1-2H3. The van der Waals surface area contributed by atoms with Crippen molar-refractivity contribution < 1.29 is 4.52 Å². The van der Waals surface area contributed by atoms with E-state index in [0.717, 1.165) is 25.7 Å². The molecular weight excluding hydrogens is 417 g/mol. The Balaban J connectivity index is 1.45. The number of allylic oxidation sites excluding steroid dienone is 1. The summed E-state index contributed by atoms with van der Waals surface area (Å²) in [5.74, 6) is 1.60. The van der Waals surface area contributed by atoms with E-state index in [4.69, 9.17) is 27.7 Å². The Morgan fingerprint density at radius 1 is 1.03 bits per heavy atom. The highest BCUT2D eigenvalue weighted by Gasteiger charge is 2.28. The van der Waals surface area contributed by atoms with Crippen molar-refractivity contribution in [3.63, 3.8) is 0 Å².